The van der Waals surface area contributed by atoms with Crippen LogP contribution in [0.1, 0.15) is 25.7 Å². The molecule has 0 unspecified atom stereocenters. The van der Waals surface area contributed by atoms with E-state index >= 15 is 0 Å². The zero-order valence-corrected chi connectivity index (χ0v) is 16.4. The Labute approximate surface area is 166 Å². The lowest BCUT2D eigenvalue weighted by atomic mass is 9.93. The van der Waals surface area contributed by atoms with Crippen LogP contribution in [0.5, 0.6) is 5.75 Å². The highest BCUT2D eigenvalue weighted by Crippen LogP contribution is 2.35. The van der Waals surface area contributed by atoms with Gasteiger partial charge in [0.1, 0.15) is 17.3 Å². The maximum Gasteiger partial charge on any atom is 0.154 e. The van der Waals surface area contributed by atoms with E-state index in [1.807, 2.05) is 28.9 Å². The average molecular weight is 395 g/mol. The van der Waals surface area contributed by atoms with E-state index in [9.17, 15) is 5.11 Å². The fourth-order valence-electron chi connectivity index (χ4n) is 3.81. The number of anilines is 1. The van der Waals surface area contributed by atoms with Gasteiger partial charge in [0.25, 0.3) is 0 Å². The van der Waals surface area contributed by atoms with Crippen LogP contribution >= 0.6 is 11.3 Å². The van der Waals surface area contributed by atoms with Gasteiger partial charge in [-0.3, -0.25) is 0 Å². The van der Waals surface area contributed by atoms with E-state index in [4.69, 9.17) is 9.84 Å². The van der Waals surface area contributed by atoms with Crippen LogP contribution in [0.4, 0.5) is 5.82 Å². The van der Waals surface area contributed by atoms with E-state index in [0.29, 0.717) is 6.04 Å². The van der Waals surface area contributed by atoms with Crippen molar-refractivity contribution in [2.24, 2.45) is 0 Å². The summed E-state index contributed by atoms with van der Waals surface area (Å²) in [7, 11) is 1.69. The van der Waals surface area contributed by atoms with Gasteiger partial charge in [0.15, 0.2) is 5.65 Å². The molecule has 6 nitrogen and oxygen atoms in total. The van der Waals surface area contributed by atoms with E-state index in [2.05, 4.69) is 28.5 Å². The van der Waals surface area contributed by atoms with Crippen LogP contribution in [-0.2, 0) is 0 Å². The Bertz CT molecular complexity index is 1130. The van der Waals surface area contributed by atoms with Gasteiger partial charge in [-0.25, -0.2) is 9.50 Å². The van der Waals surface area contributed by atoms with Gasteiger partial charge >= 0.3 is 0 Å². The molecule has 7 heteroatoms. The van der Waals surface area contributed by atoms with Crippen molar-refractivity contribution in [1.82, 2.24) is 14.6 Å². The van der Waals surface area contributed by atoms with Crippen molar-refractivity contribution in [1.29, 1.82) is 0 Å². The summed E-state index contributed by atoms with van der Waals surface area (Å²) in [6.45, 7) is 0. The Balaban J connectivity index is 1.48. The highest BCUT2D eigenvalue weighted by Gasteiger charge is 2.20. The normalized spacial score (nSPS) is 19.9. The molecule has 0 atom stereocenters. The summed E-state index contributed by atoms with van der Waals surface area (Å²) in [6, 6.07) is 12.6. The largest absolute Gasteiger partial charge is 0.497 e. The van der Waals surface area contributed by atoms with Crippen molar-refractivity contribution >= 4 is 32.9 Å². The van der Waals surface area contributed by atoms with Crippen molar-refractivity contribution in [2.75, 3.05) is 12.4 Å². The summed E-state index contributed by atoms with van der Waals surface area (Å²) in [5.74, 6) is 1.71. The Morgan fingerprint density at radius 2 is 2.00 bits per heavy atom. The standard InChI is InChI=1S/C21H22N4O2S/c1-27-16-7-2-13-10-19(28-18(13)11-16)17-12-22-21-9-8-20(24-25(17)21)23-14-3-5-15(26)6-4-14/h2,7-12,14-15,26H,3-6H2,1H3,(H,23,24)/t14-,15-. The van der Waals surface area contributed by atoms with Crippen LogP contribution in [0, 0.1) is 0 Å². The van der Waals surface area contributed by atoms with Crippen molar-refractivity contribution in [3.63, 3.8) is 0 Å². The molecule has 1 saturated carbocycles. The zero-order valence-electron chi connectivity index (χ0n) is 15.6. The van der Waals surface area contributed by atoms with Crippen LogP contribution in [0.2, 0.25) is 0 Å². The molecule has 144 valence electrons. The second kappa shape index (κ2) is 7.07. The summed E-state index contributed by atoms with van der Waals surface area (Å²) >= 11 is 1.71. The highest BCUT2D eigenvalue weighted by molar-refractivity contribution is 7.22. The molecule has 0 radical (unpaired) electrons. The number of fused-ring (bicyclic) bond motifs is 2. The summed E-state index contributed by atoms with van der Waals surface area (Å²) in [5.41, 5.74) is 1.81. The predicted molar refractivity (Wildman–Crippen MR) is 112 cm³/mol. The number of hydrogen-bond acceptors (Lipinski definition) is 6. The number of nitrogens with zero attached hydrogens (tertiary/aromatic N) is 3. The Kier molecular flexibility index (Phi) is 4.41. The first kappa shape index (κ1) is 17.5. The SMILES string of the molecule is COc1ccc2cc(-c3cnc4ccc(N[C@H]5CC[C@H](O)CC5)nn34)sc2c1. The molecule has 5 rings (SSSR count). The fourth-order valence-corrected chi connectivity index (χ4v) is 4.90. The Hall–Kier alpha value is -2.64. The van der Waals surface area contributed by atoms with Gasteiger partial charge in [-0.15, -0.1) is 16.4 Å². The second-order valence-electron chi connectivity index (χ2n) is 7.30. The van der Waals surface area contributed by atoms with Crippen molar-refractivity contribution < 1.29 is 9.84 Å². The molecule has 28 heavy (non-hydrogen) atoms. The molecule has 0 bridgehead atoms. The summed E-state index contributed by atoms with van der Waals surface area (Å²) in [5, 5.41) is 19.2. The minimum atomic E-state index is -0.152. The van der Waals surface area contributed by atoms with Gasteiger partial charge < -0.3 is 15.2 Å². The van der Waals surface area contributed by atoms with E-state index in [-0.39, 0.29) is 6.10 Å². The van der Waals surface area contributed by atoms with Gasteiger partial charge in [-0.05, 0) is 67.5 Å². The number of thiophene rings is 1. The molecular weight excluding hydrogens is 372 g/mol. The first-order chi connectivity index (χ1) is 13.7. The number of hydrogen-bond donors (Lipinski definition) is 2. The van der Waals surface area contributed by atoms with E-state index in [1.165, 1.54) is 10.1 Å². The maximum atomic E-state index is 9.70. The Morgan fingerprint density at radius 1 is 1.14 bits per heavy atom. The lowest BCUT2D eigenvalue weighted by Crippen LogP contribution is -2.28. The summed E-state index contributed by atoms with van der Waals surface area (Å²) in [4.78, 5) is 5.64. The number of aliphatic hydroxyl groups excluding tert-OH is 1. The molecule has 0 amide bonds. The van der Waals surface area contributed by atoms with Gasteiger partial charge in [-0.1, -0.05) is 0 Å². The lowest BCUT2D eigenvalue weighted by molar-refractivity contribution is 0.126. The maximum absolute atomic E-state index is 9.70. The number of nitrogens with one attached hydrogen (secondary N) is 1. The number of benzene rings is 1. The third-order valence-corrected chi connectivity index (χ3v) is 6.51. The van der Waals surface area contributed by atoms with E-state index in [0.717, 1.165) is 53.5 Å². The van der Waals surface area contributed by atoms with Gasteiger partial charge in [0.05, 0.1) is 24.3 Å². The lowest BCUT2D eigenvalue weighted by Gasteiger charge is -2.26. The van der Waals surface area contributed by atoms with E-state index in [1.54, 1.807) is 18.4 Å². The van der Waals surface area contributed by atoms with Crippen LogP contribution < -0.4 is 10.1 Å². The fraction of sp³-hybridized carbons (Fsp3) is 0.333. The molecule has 2 N–H and O–H groups in total. The number of aliphatic hydroxyl groups is 1. The van der Waals surface area contributed by atoms with Crippen molar-refractivity contribution in [2.45, 2.75) is 37.8 Å². The summed E-state index contributed by atoms with van der Waals surface area (Å²) < 4.78 is 8.42. The minimum Gasteiger partial charge on any atom is -0.497 e. The first-order valence-corrected chi connectivity index (χ1v) is 10.4. The van der Waals surface area contributed by atoms with Crippen molar-refractivity contribution in [3.8, 4) is 16.3 Å². The zero-order chi connectivity index (χ0) is 19.1. The van der Waals surface area contributed by atoms with Crippen LogP contribution in [0.3, 0.4) is 0 Å². The third-order valence-electron chi connectivity index (χ3n) is 5.39. The molecule has 0 spiro atoms. The molecular formula is C21H22N4O2S. The van der Waals surface area contributed by atoms with Gasteiger partial charge in [0, 0.05) is 10.7 Å². The Morgan fingerprint density at radius 3 is 2.82 bits per heavy atom. The van der Waals surface area contributed by atoms with Crippen molar-refractivity contribution in [3.05, 3.63) is 42.6 Å². The molecule has 1 aromatic carbocycles. The van der Waals surface area contributed by atoms with Crippen LogP contribution in [0.25, 0.3) is 26.3 Å². The molecule has 1 aliphatic carbocycles. The molecule has 4 aromatic rings. The number of ether oxygens (including phenoxy) is 1. The average Bonchev–Trinajstić information content (AvgIpc) is 3.32. The molecule has 3 heterocycles. The molecule has 1 aliphatic rings. The second-order valence-corrected chi connectivity index (χ2v) is 8.38. The topological polar surface area (TPSA) is 71.7 Å². The first-order valence-electron chi connectivity index (χ1n) is 9.57. The number of rotatable bonds is 4. The van der Waals surface area contributed by atoms with Gasteiger partial charge in [0.2, 0.25) is 0 Å². The smallest absolute Gasteiger partial charge is 0.154 e. The van der Waals surface area contributed by atoms with Gasteiger partial charge in [-0.2, -0.15) is 0 Å². The molecule has 1 fully saturated rings. The van der Waals surface area contributed by atoms with Crippen LogP contribution in [0.15, 0.2) is 42.6 Å². The van der Waals surface area contributed by atoms with E-state index < -0.39 is 0 Å². The third kappa shape index (κ3) is 3.21. The number of methoxy groups -OCH3 is 1. The minimum absolute atomic E-state index is 0.152. The monoisotopic (exact) mass is 394 g/mol. The molecule has 0 saturated heterocycles. The highest BCUT2D eigenvalue weighted by atomic mass is 32.1. The number of aromatic nitrogens is 3. The summed E-state index contributed by atoms with van der Waals surface area (Å²) in [6.07, 6.45) is 5.36. The van der Waals surface area contributed by atoms with Crippen LogP contribution in [-0.4, -0.2) is 39.0 Å². The predicted octanol–water partition coefficient (Wildman–Crippen LogP) is 4.34. The quantitative estimate of drug-likeness (QED) is 0.539. The number of imidazole rings is 1. The molecule has 3 aromatic heterocycles. The molecule has 0 aliphatic heterocycles.